The molecule has 2 aromatic rings. The molecule has 0 radical (unpaired) electrons. The molecule has 0 bridgehead atoms. The number of hydrazone groups is 1. The Kier molecular flexibility index (Phi) is 4.48. The van der Waals surface area contributed by atoms with Crippen LogP contribution in [0.3, 0.4) is 0 Å². The molecule has 2 heterocycles. The standard InChI is InChI=1S/C12H14FN7O3/c1-4-19-11(13)8(6-15-19)5-14-16-12(21)9-10(20(22)23)7(2)18(3)17-9/h5-6H,4H2,1-3H3,(H,16,21). The maximum absolute atomic E-state index is 13.7. The number of nitro groups is 1. The summed E-state index contributed by atoms with van der Waals surface area (Å²) in [6.45, 7) is 3.55. The van der Waals surface area contributed by atoms with Gasteiger partial charge >= 0.3 is 5.69 Å². The van der Waals surface area contributed by atoms with Crippen molar-refractivity contribution in [3.05, 3.63) is 39.2 Å². The first-order chi connectivity index (χ1) is 10.9. The number of aromatic nitrogens is 4. The molecule has 11 heteroatoms. The highest BCUT2D eigenvalue weighted by molar-refractivity contribution is 5.97. The van der Waals surface area contributed by atoms with E-state index in [9.17, 15) is 19.3 Å². The molecule has 1 amide bonds. The van der Waals surface area contributed by atoms with Crippen LogP contribution >= 0.6 is 0 Å². The molecule has 0 unspecified atom stereocenters. The van der Waals surface area contributed by atoms with Gasteiger partial charge in [0, 0.05) is 13.6 Å². The van der Waals surface area contributed by atoms with Crippen LogP contribution in [0.1, 0.15) is 28.7 Å². The number of carbonyl (C=O) groups excluding carboxylic acids is 1. The van der Waals surface area contributed by atoms with E-state index in [1.807, 2.05) is 0 Å². The molecule has 23 heavy (non-hydrogen) atoms. The molecular formula is C12H14FN7O3. The fourth-order valence-electron chi connectivity index (χ4n) is 1.87. The molecule has 10 nitrogen and oxygen atoms in total. The zero-order valence-corrected chi connectivity index (χ0v) is 12.6. The quantitative estimate of drug-likeness (QED) is 0.494. The number of nitrogens with one attached hydrogen (secondary N) is 1. The smallest absolute Gasteiger partial charge is 0.265 e. The van der Waals surface area contributed by atoms with E-state index < -0.39 is 22.5 Å². The topological polar surface area (TPSA) is 120 Å². The fourth-order valence-corrected chi connectivity index (χ4v) is 1.87. The van der Waals surface area contributed by atoms with Gasteiger partial charge in [0.25, 0.3) is 5.91 Å². The molecule has 0 fully saturated rings. The van der Waals surface area contributed by atoms with E-state index in [1.54, 1.807) is 6.92 Å². The molecular weight excluding hydrogens is 309 g/mol. The van der Waals surface area contributed by atoms with Crippen molar-refractivity contribution in [2.75, 3.05) is 0 Å². The molecule has 0 aromatic carbocycles. The predicted molar refractivity (Wildman–Crippen MR) is 77.5 cm³/mol. The van der Waals surface area contributed by atoms with E-state index in [1.165, 1.54) is 24.9 Å². The lowest BCUT2D eigenvalue weighted by molar-refractivity contribution is -0.385. The Bertz CT molecular complexity index is 793. The molecule has 0 atom stereocenters. The summed E-state index contributed by atoms with van der Waals surface area (Å²) in [5.41, 5.74) is 1.64. The average Bonchev–Trinajstić information content (AvgIpc) is 3.00. The molecule has 0 saturated heterocycles. The summed E-state index contributed by atoms with van der Waals surface area (Å²) in [6.07, 6.45) is 2.32. The van der Waals surface area contributed by atoms with Gasteiger partial charge in [-0.2, -0.15) is 19.7 Å². The summed E-state index contributed by atoms with van der Waals surface area (Å²) in [7, 11) is 1.48. The zero-order valence-electron chi connectivity index (χ0n) is 12.6. The minimum Gasteiger partial charge on any atom is -0.265 e. The van der Waals surface area contributed by atoms with E-state index in [0.717, 1.165) is 10.9 Å². The monoisotopic (exact) mass is 323 g/mol. The first kappa shape index (κ1) is 16.3. The van der Waals surface area contributed by atoms with Crippen LogP contribution in [0.15, 0.2) is 11.3 Å². The van der Waals surface area contributed by atoms with Crippen LogP contribution in [0.2, 0.25) is 0 Å². The highest BCUT2D eigenvalue weighted by Crippen LogP contribution is 2.21. The Morgan fingerprint density at radius 1 is 1.61 bits per heavy atom. The lowest BCUT2D eigenvalue weighted by Crippen LogP contribution is -2.19. The van der Waals surface area contributed by atoms with Crippen LogP contribution in [0, 0.1) is 23.0 Å². The summed E-state index contributed by atoms with van der Waals surface area (Å²) in [5, 5.41) is 22.2. The molecule has 2 aromatic heterocycles. The van der Waals surface area contributed by atoms with Crippen molar-refractivity contribution in [3.8, 4) is 0 Å². The minimum absolute atomic E-state index is 0.0823. The summed E-state index contributed by atoms with van der Waals surface area (Å²) in [4.78, 5) is 22.3. The Morgan fingerprint density at radius 2 is 2.30 bits per heavy atom. The van der Waals surface area contributed by atoms with Crippen molar-refractivity contribution in [1.29, 1.82) is 0 Å². The molecule has 122 valence electrons. The van der Waals surface area contributed by atoms with Gasteiger partial charge in [-0.15, -0.1) is 0 Å². The van der Waals surface area contributed by atoms with E-state index in [0.29, 0.717) is 6.54 Å². The van der Waals surface area contributed by atoms with Crippen molar-refractivity contribution < 1.29 is 14.1 Å². The lowest BCUT2D eigenvalue weighted by atomic mass is 10.3. The summed E-state index contributed by atoms with van der Waals surface area (Å²) in [5.74, 6) is -1.45. The third-order valence-corrected chi connectivity index (χ3v) is 3.17. The lowest BCUT2D eigenvalue weighted by Gasteiger charge is -1.96. The number of halogens is 1. The highest BCUT2D eigenvalue weighted by Gasteiger charge is 2.28. The van der Waals surface area contributed by atoms with Gasteiger partial charge in [-0.3, -0.25) is 19.6 Å². The maximum atomic E-state index is 13.7. The number of carbonyl (C=O) groups is 1. The van der Waals surface area contributed by atoms with Gasteiger partial charge in [0.05, 0.1) is 22.9 Å². The molecule has 0 spiro atoms. The maximum Gasteiger partial charge on any atom is 0.322 e. The second-order valence-corrected chi connectivity index (χ2v) is 4.57. The molecule has 0 saturated carbocycles. The van der Waals surface area contributed by atoms with Crippen molar-refractivity contribution >= 4 is 17.8 Å². The Labute approximate surface area is 129 Å². The van der Waals surface area contributed by atoms with Crippen molar-refractivity contribution in [2.45, 2.75) is 20.4 Å². The van der Waals surface area contributed by atoms with Crippen molar-refractivity contribution in [3.63, 3.8) is 0 Å². The summed E-state index contributed by atoms with van der Waals surface area (Å²) in [6, 6.07) is 0. The van der Waals surface area contributed by atoms with Crippen LogP contribution in [-0.4, -0.2) is 36.6 Å². The number of aryl methyl sites for hydroxylation is 2. The molecule has 0 aliphatic carbocycles. The van der Waals surface area contributed by atoms with Crippen molar-refractivity contribution in [1.82, 2.24) is 25.0 Å². The molecule has 1 N–H and O–H groups in total. The van der Waals surface area contributed by atoms with Gasteiger partial charge in [-0.05, 0) is 13.8 Å². The summed E-state index contributed by atoms with van der Waals surface area (Å²) >= 11 is 0. The Morgan fingerprint density at radius 3 is 2.87 bits per heavy atom. The van der Waals surface area contributed by atoms with Crippen molar-refractivity contribution in [2.24, 2.45) is 12.1 Å². The van der Waals surface area contributed by atoms with Crippen LogP contribution in [0.5, 0.6) is 0 Å². The normalized spacial score (nSPS) is 11.1. The van der Waals surface area contributed by atoms with Gasteiger partial charge in [0.15, 0.2) is 0 Å². The predicted octanol–water partition coefficient (Wildman–Crippen LogP) is 0.756. The number of amides is 1. The minimum atomic E-state index is -0.861. The van der Waals surface area contributed by atoms with E-state index in [-0.39, 0.29) is 17.0 Å². The SMILES string of the molecule is CCn1ncc(C=NNC(=O)c2nn(C)c(C)c2[N+](=O)[O-])c1F. The van der Waals surface area contributed by atoms with Gasteiger partial charge in [-0.25, -0.2) is 10.1 Å². The van der Waals surface area contributed by atoms with Gasteiger partial charge in [0.1, 0.15) is 5.69 Å². The van der Waals surface area contributed by atoms with Crippen LogP contribution < -0.4 is 5.43 Å². The number of nitrogens with zero attached hydrogens (tertiary/aromatic N) is 6. The van der Waals surface area contributed by atoms with Crippen LogP contribution in [0.25, 0.3) is 0 Å². The first-order valence-corrected chi connectivity index (χ1v) is 6.59. The number of hydrogen-bond acceptors (Lipinski definition) is 6. The number of rotatable bonds is 5. The first-order valence-electron chi connectivity index (χ1n) is 6.59. The van der Waals surface area contributed by atoms with Gasteiger partial charge < -0.3 is 0 Å². The molecule has 0 aliphatic heterocycles. The second-order valence-electron chi connectivity index (χ2n) is 4.57. The third-order valence-electron chi connectivity index (χ3n) is 3.17. The molecule has 0 aliphatic rings. The van der Waals surface area contributed by atoms with Crippen LogP contribution in [0.4, 0.5) is 10.1 Å². The van der Waals surface area contributed by atoms with E-state index >= 15 is 0 Å². The Hall–Kier alpha value is -3.11. The Balaban J connectivity index is 2.17. The zero-order chi connectivity index (χ0) is 17.1. The molecule has 2 rings (SSSR count). The van der Waals surface area contributed by atoms with E-state index in [4.69, 9.17) is 0 Å². The van der Waals surface area contributed by atoms with Gasteiger partial charge in [-0.1, -0.05) is 0 Å². The van der Waals surface area contributed by atoms with E-state index in [2.05, 4.69) is 20.7 Å². The second kappa shape index (κ2) is 6.34. The van der Waals surface area contributed by atoms with Crippen LogP contribution in [-0.2, 0) is 13.6 Å². The third kappa shape index (κ3) is 3.07. The number of hydrogen-bond donors (Lipinski definition) is 1. The average molecular weight is 323 g/mol. The largest absolute Gasteiger partial charge is 0.322 e. The highest BCUT2D eigenvalue weighted by atomic mass is 19.1. The summed E-state index contributed by atoms with van der Waals surface area (Å²) < 4.78 is 16.0. The van der Waals surface area contributed by atoms with Gasteiger partial charge in [0.2, 0.25) is 11.6 Å². The fraction of sp³-hybridized carbons (Fsp3) is 0.333.